The predicted molar refractivity (Wildman–Crippen MR) is 133 cm³/mol. The molecule has 0 saturated heterocycles. The summed E-state index contributed by atoms with van der Waals surface area (Å²) in [5.41, 5.74) is 3.27. The summed E-state index contributed by atoms with van der Waals surface area (Å²) in [6.07, 6.45) is 2.16. The second-order valence-corrected chi connectivity index (χ2v) is 8.96. The maximum atomic E-state index is 13.7. The summed E-state index contributed by atoms with van der Waals surface area (Å²) < 4.78 is 18.1. The van der Waals surface area contributed by atoms with Crippen molar-refractivity contribution >= 4 is 5.91 Å². The van der Waals surface area contributed by atoms with Crippen molar-refractivity contribution in [2.24, 2.45) is 0 Å². The summed E-state index contributed by atoms with van der Waals surface area (Å²) in [5, 5.41) is 0. The highest BCUT2D eigenvalue weighted by atomic mass is 16.5. The summed E-state index contributed by atoms with van der Waals surface area (Å²) in [5.74, 6) is 1.67. The van der Waals surface area contributed by atoms with E-state index in [4.69, 9.17) is 13.9 Å². The highest BCUT2D eigenvalue weighted by Crippen LogP contribution is 2.28. The van der Waals surface area contributed by atoms with Gasteiger partial charge in [-0.15, -0.1) is 0 Å². The first-order valence-electron chi connectivity index (χ1n) is 11.8. The van der Waals surface area contributed by atoms with E-state index in [0.29, 0.717) is 42.3 Å². The minimum atomic E-state index is -0.268. The molecule has 1 aliphatic rings. The Morgan fingerprint density at radius 3 is 2.54 bits per heavy atom. The molecule has 0 bridgehead atoms. The summed E-state index contributed by atoms with van der Waals surface area (Å²) >= 11 is 0. The smallest absolute Gasteiger partial charge is 0.259 e. The van der Waals surface area contributed by atoms with Gasteiger partial charge in [0.25, 0.3) is 11.5 Å². The number of benzene rings is 1. The molecule has 4 rings (SSSR count). The molecule has 1 aliphatic heterocycles. The van der Waals surface area contributed by atoms with Gasteiger partial charge in [0.2, 0.25) is 0 Å². The zero-order valence-electron chi connectivity index (χ0n) is 21.0. The molecule has 0 saturated carbocycles. The van der Waals surface area contributed by atoms with Gasteiger partial charge in [-0.25, -0.2) is 0 Å². The standard InChI is InChI=1S/C27H33N3O5/c1-18-15-20(8-9-22(18)33-4)17-29-11-10-21-26(24(34-5)16-25(31)30(21)13-12-29)27(32)28(3)19(2)23-7-6-14-35-23/h6-9,14-16,19H,10-13,17H2,1-5H3/t19-/m0/s1. The summed E-state index contributed by atoms with van der Waals surface area (Å²) in [6, 6.07) is 11.0. The second-order valence-electron chi connectivity index (χ2n) is 8.96. The zero-order chi connectivity index (χ0) is 25.1. The Hall–Kier alpha value is -3.52. The van der Waals surface area contributed by atoms with Gasteiger partial charge < -0.3 is 23.4 Å². The van der Waals surface area contributed by atoms with Crippen molar-refractivity contribution in [3.05, 3.63) is 81.2 Å². The van der Waals surface area contributed by atoms with E-state index in [9.17, 15) is 9.59 Å². The van der Waals surface area contributed by atoms with Crippen molar-refractivity contribution in [1.82, 2.24) is 14.4 Å². The molecule has 186 valence electrons. The number of hydrogen-bond acceptors (Lipinski definition) is 6. The van der Waals surface area contributed by atoms with E-state index in [1.807, 2.05) is 26.0 Å². The fraction of sp³-hybridized carbons (Fsp3) is 0.407. The number of rotatable bonds is 7. The molecule has 1 amide bonds. The molecule has 0 N–H and O–H groups in total. The summed E-state index contributed by atoms with van der Waals surface area (Å²) in [6.45, 7) is 6.63. The number of ether oxygens (including phenoxy) is 2. The van der Waals surface area contributed by atoms with Crippen LogP contribution in [0.25, 0.3) is 0 Å². The first-order valence-corrected chi connectivity index (χ1v) is 11.8. The maximum Gasteiger partial charge on any atom is 0.259 e. The van der Waals surface area contributed by atoms with Crippen LogP contribution in [0.3, 0.4) is 0 Å². The van der Waals surface area contributed by atoms with Crippen LogP contribution in [0.1, 0.15) is 45.9 Å². The zero-order valence-corrected chi connectivity index (χ0v) is 21.0. The number of nitrogens with zero attached hydrogens (tertiary/aromatic N) is 3. The molecule has 0 unspecified atom stereocenters. The minimum absolute atomic E-state index is 0.155. The SMILES string of the molecule is COc1ccc(CN2CCc3c(C(=O)N(C)[C@@H](C)c4ccco4)c(OC)cc(=O)n3CC2)cc1C. The van der Waals surface area contributed by atoms with Gasteiger partial charge in [-0.1, -0.05) is 12.1 Å². The second kappa shape index (κ2) is 10.4. The lowest BCUT2D eigenvalue weighted by atomic mass is 10.1. The Labute approximate surface area is 205 Å². The van der Waals surface area contributed by atoms with Gasteiger partial charge in [-0.3, -0.25) is 14.5 Å². The largest absolute Gasteiger partial charge is 0.496 e. The highest BCUT2D eigenvalue weighted by molar-refractivity contribution is 5.98. The van der Waals surface area contributed by atoms with Crippen molar-refractivity contribution in [2.45, 2.75) is 39.4 Å². The molecule has 3 aromatic rings. The van der Waals surface area contributed by atoms with Crippen LogP contribution in [-0.2, 0) is 19.5 Å². The average molecular weight is 480 g/mol. The van der Waals surface area contributed by atoms with Crippen molar-refractivity contribution < 1.29 is 18.7 Å². The lowest BCUT2D eigenvalue weighted by molar-refractivity contribution is 0.0720. The molecule has 8 heteroatoms. The normalized spacial score (nSPS) is 14.7. The van der Waals surface area contributed by atoms with Crippen LogP contribution in [0, 0.1) is 6.92 Å². The van der Waals surface area contributed by atoms with E-state index >= 15 is 0 Å². The van der Waals surface area contributed by atoms with Crippen LogP contribution >= 0.6 is 0 Å². The Morgan fingerprint density at radius 1 is 1.11 bits per heavy atom. The van der Waals surface area contributed by atoms with Gasteiger partial charge in [-0.2, -0.15) is 0 Å². The topological polar surface area (TPSA) is 77.2 Å². The number of aromatic nitrogens is 1. The van der Waals surface area contributed by atoms with Gasteiger partial charge in [0.1, 0.15) is 22.8 Å². The van der Waals surface area contributed by atoms with Gasteiger partial charge >= 0.3 is 0 Å². The molecular weight excluding hydrogens is 446 g/mol. The Balaban J connectivity index is 1.61. The molecule has 1 aromatic carbocycles. The molecule has 3 heterocycles. The Bertz CT molecular complexity index is 1250. The fourth-order valence-electron chi connectivity index (χ4n) is 4.71. The molecule has 0 aliphatic carbocycles. The van der Waals surface area contributed by atoms with Crippen LogP contribution in [-0.4, -0.2) is 54.6 Å². The average Bonchev–Trinajstić information content (AvgIpc) is 3.31. The van der Waals surface area contributed by atoms with E-state index in [0.717, 1.165) is 24.4 Å². The number of carbonyl (C=O) groups excluding carboxylic acids is 1. The lowest BCUT2D eigenvalue weighted by Gasteiger charge is -2.26. The number of furan rings is 1. The number of aryl methyl sites for hydroxylation is 1. The Kier molecular flexibility index (Phi) is 7.31. The monoisotopic (exact) mass is 479 g/mol. The fourth-order valence-corrected chi connectivity index (χ4v) is 4.71. The van der Waals surface area contributed by atoms with Crippen molar-refractivity contribution in [2.75, 3.05) is 34.4 Å². The number of carbonyl (C=O) groups is 1. The summed E-state index contributed by atoms with van der Waals surface area (Å²) in [4.78, 5) is 30.6. The minimum Gasteiger partial charge on any atom is -0.496 e. The lowest BCUT2D eigenvalue weighted by Crippen LogP contribution is -2.34. The molecule has 8 nitrogen and oxygen atoms in total. The van der Waals surface area contributed by atoms with Gasteiger partial charge in [0, 0.05) is 51.4 Å². The van der Waals surface area contributed by atoms with E-state index in [-0.39, 0.29) is 17.5 Å². The van der Waals surface area contributed by atoms with Crippen LogP contribution in [0.2, 0.25) is 0 Å². The number of methoxy groups -OCH3 is 2. The molecule has 35 heavy (non-hydrogen) atoms. The highest BCUT2D eigenvalue weighted by Gasteiger charge is 2.29. The molecule has 2 aromatic heterocycles. The first kappa shape index (κ1) is 24.6. The van der Waals surface area contributed by atoms with Crippen molar-refractivity contribution in [3.8, 4) is 11.5 Å². The van der Waals surface area contributed by atoms with Crippen LogP contribution in [0.15, 0.2) is 51.9 Å². The van der Waals surface area contributed by atoms with Crippen molar-refractivity contribution in [3.63, 3.8) is 0 Å². The van der Waals surface area contributed by atoms with E-state index in [1.165, 1.54) is 18.7 Å². The number of hydrogen-bond donors (Lipinski definition) is 0. The van der Waals surface area contributed by atoms with E-state index in [2.05, 4.69) is 17.0 Å². The molecule has 0 radical (unpaired) electrons. The third kappa shape index (κ3) is 4.98. The van der Waals surface area contributed by atoms with Gasteiger partial charge in [-0.05, 0) is 43.2 Å². The number of fused-ring (bicyclic) bond motifs is 1. The third-order valence-corrected chi connectivity index (χ3v) is 6.84. The molecule has 0 fully saturated rings. The Morgan fingerprint density at radius 2 is 1.89 bits per heavy atom. The molecule has 1 atom stereocenters. The number of amides is 1. The van der Waals surface area contributed by atoms with Crippen molar-refractivity contribution in [1.29, 1.82) is 0 Å². The van der Waals surface area contributed by atoms with Crippen LogP contribution in [0.4, 0.5) is 0 Å². The third-order valence-electron chi connectivity index (χ3n) is 6.84. The predicted octanol–water partition coefficient (Wildman–Crippen LogP) is 3.66. The van der Waals surface area contributed by atoms with Crippen LogP contribution < -0.4 is 15.0 Å². The van der Waals surface area contributed by atoms with E-state index in [1.54, 1.807) is 36.0 Å². The number of pyridine rings is 1. The quantitative estimate of drug-likeness (QED) is 0.515. The first-order chi connectivity index (χ1) is 16.8. The van der Waals surface area contributed by atoms with Gasteiger partial charge in [0.05, 0.1) is 26.5 Å². The molecular formula is C27H33N3O5. The van der Waals surface area contributed by atoms with E-state index < -0.39 is 0 Å². The van der Waals surface area contributed by atoms with Crippen LogP contribution in [0.5, 0.6) is 11.5 Å². The maximum absolute atomic E-state index is 13.7. The molecule has 0 spiro atoms. The summed E-state index contributed by atoms with van der Waals surface area (Å²) in [7, 11) is 4.91. The van der Waals surface area contributed by atoms with Gasteiger partial charge in [0.15, 0.2) is 0 Å².